The van der Waals surface area contributed by atoms with Gasteiger partial charge in [-0.2, -0.15) is 0 Å². The molecule has 0 spiro atoms. The Balaban J connectivity index is 1.49. The predicted octanol–water partition coefficient (Wildman–Crippen LogP) is 5.56. The normalized spacial score (nSPS) is 11.1. The third-order valence-corrected chi connectivity index (χ3v) is 6.16. The summed E-state index contributed by atoms with van der Waals surface area (Å²) in [6.45, 7) is 1.82. The van der Waals surface area contributed by atoms with Crippen LogP contribution in [0.5, 0.6) is 5.88 Å². The number of aromatic nitrogens is 1. The first kappa shape index (κ1) is 26.0. The van der Waals surface area contributed by atoms with Crippen LogP contribution in [0, 0.1) is 11.6 Å². The summed E-state index contributed by atoms with van der Waals surface area (Å²) in [5.41, 5.74) is 8.16. The second-order valence-corrected chi connectivity index (χ2v) is 8.77. The van der Waals surface area contributed by atoms with Gasteiger partial charge in [0, 0.05) is 43.4 Å². The molecule has 0 aliphatic rings. The molecule has 190 valence electrons. The molecule has 3 aromatic carbocycles. The molecule has 0 saturated heterocycles. The molecule has 1 amide bonds. The first-order valence-electron chi connectivity index (χ1n) is 12.1. The number of carbonyl (C=O) groups excluding carboxylic acids is 1. The van der Waals surface area contributed by atoms with Gasteiger partial charge in [0.05, 0.1) is 12.2 Å². The topological polar surface area (TPSA) is 68.5 Å². The van der Waals surface area contributed by atoms with Gasteiger partial charge in [-0.3, -0.25) is 9.69 Å². The molecule has 4 rings (SSSR count). The zero-order valence-electron chi connectivity index (χ0n) is 20.4. The van der Waals surface area contributed by atoms with Crippen LogP contribution in [0.2, 0.25) is 0 Å². The lowest BCUT2D eigenvalue weighted by Crippen LogP contribution is -2.31. The molecule has 4 aromatic rings. The van der Waals surface area contributed by atoms with E-state index < -0.39 is 17.5 Å². The van der Waals surface area contributed by atoms with E-state index in [1.54, 1.807) is 18.2 Å². The highest BCUT2D eigenvalue weighted by Gasteiger charge is 2.20. The predicted molar refractivity (Wildman–Crippen MR) is 139 cm³/mol. The minimum absolute atomic E-state index is 0.0444. The van der Waals surface area contributed by atoms with Crippen LogP contribution in [0.4, 0.5) is 8.78 Å². The molecule has 0 bridgehead atoms. The fourth-order valence-electron chi connectivity index (χ4n) is 4.25. The van der Waals surface area contributed by atoms with Gasteiger partial charge in [0.15, 0.2) is 11.6 Å². The maximum Gasteiger partial charge on any atom is 0.250 e. The average Bonchev–Trinajstić information content (AvgIpc) is 2.93. The molecule has 0 radical (unpaired) electrons. The highest BCUT2D eigenvalue weighted by atomic mass is 19.2. The molecule has 0 fully saturated rings. The van der Waals surface area contributed by atoms with Gasteiger partial charge in [-0.05, 0) is 29.7 Å². The van der Waals surface area contributed by atoms with Gasteiger partial charge >= 0.3 is 0 Å². The molecule has 0 aliphatic heterocycles. The zero-order valence-corrected chi connectivity index (χ0v) is 20.4. The summed E-state index contributed by atoms with van der Waals surface area (Å²) >= 11 is 0. The first-order valence-corrected chi connectivity index (χ1v) is 12.1. The zero-order chi connectivity index (χ0) is 26.0. The number of halogens is 2. The van der Waals surface area contributed by atoms with Gasteiger partial charge in [-0.25, -0.2) is 13.8 Å². The number of rotatable bonds is 12. The smallest absolute Gasteiger partial charge is 0.250 e. The number of hydrogen-bond donors (Lipinski definition) is 1. The molecular weight excluding hydrogens is 472 g/mol. The van der Waals surface area contributed by atoms with Crippen molar-refractivity contribution < 1.29 is 18.3 Å². The van der Waals surface area contributed by atoms with Crippen molar-refractivity contribution in [3.63, 3.8) is 0 Å². The van der Waals surface area contributed by atoms with Gasteiger partial charge in [-0.15, -0.1) is 0 Å². The molecule has 0 aliphatic carbocycles. The molecule has 5 nitrogen and oxygen atoms in total. The maximum atomic E-state index is 14.6. The summed E-state index contributed by atoms with van der Waals surface area (Å²) < 4.78 is 34.3. The van der Waals surface area contributed by atoms with E-state index in [0.717, 1.165) is 17.2 Å². The summed E-state index contributed by atoms with van der Waals surface area (Å²) in [5, 5.41) is 0. The van der Waals surface area contributed by atoms with Gasteiger partial charge in [0.2, 0.25) is 11.8 Å². The van der Waals surface area contributed by atoms with Gasteiger partial charge in [0.25, 0.3) is 0 Å². The number of ether oxygens (including phenoxy) is 1. The van der Waals surface area contributed by atoms with Gasteiger partial charge in [0.1, 0.15) is 0 Å². The molecule has 1 heterocycles. The fourth-order valence-corrected chi connectivity index (χ4v) is 4.25. The van der Waals surface area contributed by atoms with E-state index in [1.165, 1.54) is 12.3 Å². The summed E-state index contributed by atoms with van der Waals surface area (Å²) in [7, 11) is 0. The Bertz CT molecular complexity index is 1250. The lowest BCUT2D eigenvalue weighted by molar-refractivity contribution is 0.1000. The van der Waals surface area contributed by atoms with Crippen molar-refractivity contribution in [1.29, 1.82) is 0 Å². The van der Waals surface area contributed by atoms with Crippen molar-refractivity contribution in [2.45, 2.75) is 18.9 Å². The van der Waals surface area contributed by atoms with Crippen LogP contribution in [0.1, 0.15) is 39.4 Å². The van der Waals surface area contributed by atoms with Crippen LogP contribution < -0.4 is 10.5 Å². The number of primary amides is 1. The minimum Gasteiger partial charge on any atom is -0.478 e. The first-order chi connectivity index (χ1) is 18.0. The Morgan fingerprint density at radius 3 is 2.16 bits per heavy atom. The van der Waals surface area contributed by atoms with E-state index in [0.29, 0.717) is 43.1 Å². The monoisotopic (exact) mass is 501 g/mol. The Morgan fingerprint density at radius 1 is 0.892 bits per heavy atom. The third kappa shape index (κ3) is 7.21. The SMILES string of the molecule is NC(=O)c1ccc(OCCCN(Cc2cccc(F)c2F)CC(c2ccccc2)c2ccccc2)nc1. The van der Waals surface area contributed by atoms with Crippen molar-refractivity contribution in [1.82, 2.24) is 9.88 Å². The second kappa shape index (κ2) is 12.7. The van der Waals surface area contributed by atoms with Crippen molar-refractivity contribution in [2.24, 2.45) is 5.73 Å². The minimum atomic E-state index is -0.853. The van der Waals surface area contributed by atoms with Crippen LogP contribution in [-0.4, -0.2) is 35.5 Å². The quantitative estimate of drug-likeness (QED) is 0.258. The van der Waals surface area contributed by atoms with Crippen molar-refractivity contribution in [3.05, 3.63) is 131 Å². The molecule has 0 unspecified atom stereocenters. The Hall–Kier alpha value is -4.10. The van der Waals surface area contributed by atoms with Crippen molar-refractivity contribution >= 4 is 5.91 Å². The Labute approximate surface area is 215 Å². The summed E-state index contributed by atoms with van der Waals surface area (Å²) in [4.78, 5) is 17.4. The van der Waals surface area contributed by atoms with E-state index >= 15 is 0 Å². The van der Waals surface area contributed by atoms with Crippen LogP contribution >= 0.6 is 0 Å². The van der Waals surface area contributed by atoms with Crippen molar-refractivity contribution in [2.75, 3.05) is 19.7 Å². The number of benzene rings is 3. The van der Waals surface area contributed by atoms with Gasteiger partial charge < -0.3 is 10.5 Å². The van der Waals surface area contributed by atoms with Gasteiger partial charge in [-0.1, -0.05) is 72.8 Å². The van der Waals surface area contributed by atoms with E-state index in [2.05, 4.69) is 34.1 Å². The molecular formula is C30H29F2N3O2. The number of amides is 1. The number of nitrogens with two attached hydrogens (primary N) is 1. The number of carbonyl (C=O) groups is 1. The van der Waals surface area contributed by atoms with E-state index in [4.69, 9.17) is 10.5 Å². The fraction of sp³-hybridized carbons (Fsp3) is 0.200. The second-order valence-electron chi connectivity index (χ2n) is 8.77. The molecule has 7 heteroatoms. The molecule has 1 aromatic heterocycles. The molecule has 0 atom stereocenters. The number of pyridine rings is 1. The summed E-state index contributed by atoms with van der Waals surface area (Å²) in [6, 6.07) is 27.8. The van der Waals surface area contributed by atoms with Crippen LogP contribution in [-0.2, 0) is 6.54 Å². The highest BCUT2D eigenvalue weighted by molar-refractivity contribution is 5.92. The Kier molecular flexibility index (Phi) is 8.94. The lowest BCUT2D eigenvalue weighted by Gasteiger charge is -2.28. The molecule has 0 saturated carbocycles. The number of nitrogens with zero attached hydrogens (tertiary/aromatic N) is 2. The highest BCUT2D eigenvalue weighted by Crippen LogP contribution is 2.27. The average molecular weight is 502 g/mol. The largest absolute Gasteiger partial charge is 0.478 e. The van der Waals surface area contributed by atoms with Crippen LogP contribution in [0.25, 0.3) is 0 Å². The maximum absolute atomic E-state index is 14.6. The van der Waals surface area contributed by atoms with E-state index in [1.807, 2.05) is 36.4 Å². The third-order valence-electron chi connectivity index (χ3n) is 6.16. The summed E-state index contributed by atoms with van der Waals surface area (Å²) in [5.74, 6) is -1.79. The lowest BCUT2D eigenvalue weighted by atomic mass is 9.90. The Morgan fingerprint density at radius 2 is 1.57 bits per heavy atom. The van der Waals surface area contributed by atoms with Crippen molar-refractivity contribution in [3.8, 4) is 5.88 Å². The van der Waals surface area contributed by atoms with Crippen LogP contribution in [0.3, 0.4) is 0 Å². The molecule has 37 heavy (non-hydrogen) atoms. The van der Waals surface area contributed by atoms with E-state index in [9.17, 15) is 13.6 Å². The molecule has 2 N–H and O–H groups in total. The summed E-state index contributed by atoms with van der Waals surface area (Å²) in [6.07, 6.45) is 2.01. The number of hydrogen-bond acceptors (Lipinski definition) is 4. The standard InChI is InChI=1S/C30H29F2N3O2/c31-27-14-7-13-25(29(27)32)20-35(17-8-18-37-28-16-15-24(19-34-28)30(33)36)21-26(22-9-3-1-4-10-22)23-11-5-2-6-12-23/h1-7,9-16,19,26H,8,17-18,20-21H2,(H2,33,36). The van der Waals surface area contributed by atoms with Crippen LogP contribution in [0.15, 0.2) is 97.2 Å². The van der Waals surface area contributed by atoms with E-state index in [-0.39, 0.29) is 12.5 Å².